The van der Waals surface area contributed by atoms with Gasteiger partial charge < -0.3 is 20.9 Å². The van der Waals surface area contributed by atoms with Crippen molar-refractivity contribution >= 4 is 41.8 Å². The molecule has 0 unspecified atom stereocenters. The van der Waals surface area contributed by atoms with Crippen LogP contribution in [0.15, 0.2) is 17.3 Å². The van der Waals surface area contributed by atoms with Crippen LogP contribution in [-0.4, -0.2) is 90.0 Å². The number of alkyl halides is 3. The van der Waals surface area contributed by atoms with Crippen molar-refractivity contribution in [3.05, 3.63) is 18.0 Å². The van der Waals surface area contributed by atoms with E-state index in [9.17, 15) is 18.0 Å². The molecule has 0 saturated carbocycles. The number of piperazine rings is 1. The van der Waals surface area contributed by atoms with Crippen LogP contribution >= 0.6 is 24.0 Å². The molecule has 1 aliphatic rings. The number of amides is 1. The molecule has 1 aliphatic heterocycles. The minimum absolute atomic E-state index is 0. The van der Waals surface area contributed by atoms with E-state index in [1.165, 1.54) is 0 Å². The maximum Gasteiger partial charge on any atom is 0.433 e. The van der Waals surface area contributed by atoms with E-state index >= 15 is 0 Å². The molecular formula is C19H32F3IN8O. The Morgan fingerprint density at radius 3 is 2.53 bits per heavy atom. The molecule has 32 heavy (non-hydrogen) atoms. The van der Waals surface area contributed by atoms with Gasteiger partial charge in [0.15, 0.2) is 5.96 Å². The number of nitrogens with one attached hydrogen (secondary N) is 3. The van der Waals surface area contributed by atoms with Gasteiger partial charge in [-0.15, -0.1) is 24.0 Å². The molecular weight excluding hydrogens is 540 g/mol. The van der Waals surface area contributed by atoms with Gasteiger partial charge >= 0.3 is 6.18 Å². The van der Waals surface area contributed by atoms with Crippen LogP contribution in [0, 0.1) is 0 Å². The quantitative estimate of drug-likeness (QED) is 0.189. The highest BCUT2D eigenvalue weighted by Crippen LogP contribution is 2.27. The van der Waals surface area contributed by atoms with Crippen LogP contribution in [0.1, 0.15) is 26.5 Å². The van der Waals surface area contributed by atoms with Crippen LogP contribution in [0.2, 0.25) is 0 Å². The van der Waals surface area contributed by atoms with Crippen LogP contribution in [0.3, 0.4) is 0 Å². The Kier molecular flexibility index (Phi) is 12.0. The molecule has 2 rings (SSSR count). The lowest BCUT2D eigenvalue weighted by atomic mass is 10.3. The van der Waals surface area contributed by atoms with E-state index in [-0.39, 0.29) is 41.9 Å². The number of nitrogens with zero attached hydrogens (tertiary/aromatic N) is 5. The van der Waals surface area contributed by atoms with Crippen LogP contribution in [0.4, 0.5) is 19.1 Å². The summed E-state index contributed by atoms with van der Waals surface area (Å²) in [5.74, 6) is 0.677. The van der Waals surface area contributed by atoms with E-state index in [2.05, 4.69) is 40.7 Å². The SMILES string of the molecule is CCNC(=NCCNc1nccc(C(F)(F)F)n1)N1CCN(CC(=O)NC(C)C)CC1.I. The highest BCUT2D eigenvalue weighted by atomic mass is 127. The normalized spacial score (nSPS) is 15.3. The minimum Gasteiger partial charge on any atom is -0.357 e. The first-order chi connectivity index (χ1) is 14.7. The Morgan fingerprint density at radius 2 is 1.94 bits per heavy atom. The largest absolute Gasteiger partial charge is 0.433 e. The van der Waals surface area contributed by atoms with Gasteiger partial charge in [-0.05, 0) is 26.8 Å². The lowest BCUT2D eigenvalue weighted by molar-refractivity contribution is -0.141. The molecule has 182 valence electrons. The summed E-state index contributed by atoms with van der Waals surface area (Å²) in [4.78, 5) is 28.0. The van der Waals surface area contributed by atoms with Gasteiger partial charge in [0.2, 0.25) is 11.9 Å². The second kappa shape index (κ2) is 13.6. The van der Waals surface area contributed by atoms with E-state index in [1.807, 2.05) is 20.8 Å². The summed E-state index contributed by atoms with van der Waals surface area (Å²) in [7, 11) is 0. The standard InChI is InChI=1S/C19H31F3N8O.HI/c1-4-23-18(30-11-9-29(10-12-30)13-16(31)27-14(2)3)26-8-7-25-17-24-6-5-15(28-17)19(20,21)22;/h5-6,14H,4,7-13H2,1-3H3,(H,23,26)(H,27,31)(H,24,25,28);1H. The molecule has 0 atom stereocenters. The van der Waals surface area contributed by atoms with Crippen molar-refractivity contribution in [2.45, 2.75) is 33.0 Å². The molecule has 1 aromatic heterocycles. The zero-order chi connectivity index (χ0) is 22.9. The number of aliphatic imine (C=N–C) groups is 1. The summed E-state index contributed by atoms with van der Waals surface area (Å²) < 4.78 is 38.2. The topological polar surface area (TPSA) is 97.8 Å². The molecule has 1 aromatic rings. The fourth-order valence-electron chi connectivity index (χ4n) is 3.05. The minimum atomic E-state index is -4.51. The Hall–Kier alpha value is -1.90. The van der Waals surface area contributed by atoms with Crippen molar-refractivity contribution in [2.24, 2.45) is 4.99 Å². The molecule has 3 N–H and O–H groups in total. The van der Waals surface area contributed by atoms with Gasteiger partial charge in [0.05, 0.1) is 13.1 Å². The van der Waals surface area contributed by atoms with Gasteiger partial charge in [0.1, 0.15) is 5.69 Å². The summed E-state index contributed by atoms with van der Waals surface area (Å²) in [5.41, 5.74) is -0.984. The van der Waals surface area contributed by atoms with Crippen molar-refractivity contribution in [3.63, 3.8) is 0 Å². The third-order valence-corrected chi connectivity index (χ3v) is 4.43. The smallest absolute Gasteiger partial charge is 0.357 e. The van der Waals surface area contributed by atoms with Crippen LogP contribution in [0.5, 0.6) is 0 Å². The van der Waals surface area contributed by atoms with Gasteiger partial charge in [-0.25, -0.2) is 9.97 Å². The van der Waals surface area contributed by atoms with E-state index in [1.54, 1.807) is 0 Å². The number of rotatable bonds is 8. The maximum atomic E-state index is 12.7. The number of hydrogen-bond donors (Lipinski definition) is 3. The average Bonchev–Trinajstić information content (AvgIpc) is 2.70. The van der Waals surface area contributed by atoms with Crippen molar-refractivity contribution < 1.29 is 18.0 Å². The molecule has 1 saturated heterocycles. The van der Waals surface area contributed by atoms with Gasteiger partial charge in [0.25, 0.3) is 0 Å². The molecule has 1 amide bonds. The molecule has 1 fully saturated rings. The second-order valence-corrected chi connectivity index (χ2v) is 7.41. The van der Waals surface area contributed by atoms with Crippen molar-refractivity contribution in [3.8, 4) is 0 Å². The predicted molar refractivity (Wildman–Crippen MR) is 128 cm³/mol. The van der Waals surface area contributed by atoms with Crippen molar-refractivity contribution in [1.29, 1.82) is 0 Å². The highest BCUT2D eigenvalue weighted by molar-refractivity contribution is 14.0. The number of anilines is 1. The van der Waals surface area contributed by atoms with E-state index in [4.69, 9.17) is 0 Å². The highest BCUT2D eigenvalue weighted by Gasteiger charge is 2.32. The van der Waals surface area contributed by atoms with Gasteiger partial charge in [-0.3, -0.25) is 14.7 Å². The second-order valence-electron chi connectivity index (χ2n) is 7.41. The van der Waals surface area contributed by atoms with Crippen LogP contribution in [0.25, 0.3) is 0 Å². The molecule has 0 radical (unpaired) electrons. The third kappa shape index (κ3) is 9.71. The summed E-state index contributed by atoms with van der Waals surface area (Å²) >= 11 is 0. The Labute approximate surface area is 203 Å². The summed E-state index contributed by atoms with van der Waals surface area (Å²) in [5, 5.41) is 8.90. The molecule has 0 bridgehead atoms. The van der Waals surface area contributed by atoms with Gasteiger partial charge in [0, 0.05) is 51.5 Å². The fourth-order valence-corrected chi connectivity index (χ4v) is 3.05. The number of hydrogen-bond acceptors (Lipinski definition) is 6. The first-order valence-electron chi connectivity index (χ1n) is 10.4. The monoisotopic (exact) mass is 572 g/mol. The number of aromatic nitrogens is 2. The first-order valence-corrected chi connectivity index (χ1v) is 10.4. The van der Waals surface area contributed by atoms with E-state index in [0.29, 0.717) is 26.2 Å². The Bertz CT molecular complexity index is 740. The zero-order valence-electron chi connectivity index (χ0n) is 18.6. The lowest BCUT2D eigenvalue weighted by Crippen LogP contribution is -2.54. The molecule has 2 heterocycles. The summed E-state index contributed by atoms with van der Waals surface area (Å²) in [6.45, 7) is 10.5. The van der Waals surface area contributed by atoms with Gasteiger partial charge in [-0.2, -0.15) is 13.2 Å². The number of halogens is 4. The van der Waals surface area contributed by atoms with Crippen LogP contribution in [-0.2, 0) is 11.0 Å². The fraction of sp³-hybridized carbons (Fsp3) is 0.684. The zero-order valence-corrected chi connectivity index (χ0v) is 20.9. The Balaban J connectivity index is 0.00000512. The van der Waals surface area contributed by atoms with Crippen molar-refractivity contribution in [2.75, 3.05) is 57.7 Å². The molecule has 0 aromatic carbocycles. The molecule has 9 nitrogen and oxygen atoms in total. The molecule has 0 spiro atoms. The number of carbonyl (C=O) groups excluding carboxylic acids is 1. The molecule has 13 heteroatoms. The van der Waals surface area contributed by atoms with E-state index in [0.717, 1.165) is 44.4 Å². The van der Waals surface area contributed by atoms with Crippen LogP contribution < -0.4 is 16.0 Å². The summed E-state index contributed by atoms with van der Waals surface area (Å²) in [6.07, 6.45) is -3.43. The van der Waals surface area contributed by atoms with Crippen molar-refractivity contribution in [1.82, 2.24) is 30.4 Å². The molecule has 0 aliphatic carbocycles. The predicted octanol–water partition coefficient (Wildman–Crippen LogP) is 1.63. The number of carbonyl (C=O) groups is 1. The third-order valence-electron chi connectivity index (χ3n) is 4.43. The number of guanidine groups is 1. The van der Waals surface area contributed by atoms with E-state index < -0.39 is 11.9 Å². The summed E-state index contributed by atoms with van der Waals surface area (Å²) in [6, 6.07) is 0.954. The lowest BCUT2D eigenvalue weighted by Gasteiger charge is -2.36. The average molecular weight is 572 g/mol. The maximum absolute atomic E-state index is 12.7. The Morgan fingerprint density at radius 1 is 1.25 bits per heavy atom. The first kappa shape index (κ1) is 28.1. The van der Waals surface area contributed by atoms with Gasteiger partial charge in [-0.1, -0.05) is 0 Å².